The molecule has 0 saturated heterocycles. The average molecular weight is 410 g/mol. The molecule has 0 amide bonds. The maximum absolute atomic E-state index is 5.80. The highest BCUT2D eigenvalue weighted by Gasteiger charge is 2.10. The van der Waals surface area contributed by atoms with Crippen LogP contribution in [0.5, 0.6) is 5.75 Å². The smallest absolute Gasteiger partial charge is 0.182 e. The molecule has 0 radical (unpaired) electrons. The van der Waals surface area contributed by atoms with Crippen LogP contribution in [-0.4, -0.2) is 16.2 Å². The van der Waals surface area contributed by atoms with E-state index >= 15 is 0 Å². The number of aromatic nitrogens is 2. The lowest BCUT2D eigenvalue weighted by atomic mass is 10.2. The molecule has 0 aliphatic heterocycles. The number of imidazole rings is 1. The zero-order valence-corrected chi connectivity index (χ0v) is 14.6. The van der Waals surface area contributed by atoms with Gasteiger partial charge in [0.1, 0.15) is 11.3 Å². The van der Waals surface area contributed by atoms with Crippen LogP contribution in [0, 0.1) is 8.34 Å². The zero-order valence-electron chi connectivity index (χ0n) is 11.6. The summed E-state index contributed by atoms with van der Waals surface area (Å²) in [6.45, 7) is 2.80. The van der Waals surface area contributed by atoms with Crippen LogP contribution in [-0.2, 0) is 0 Å². The van der Waals surface area contributed by atoms with Gasteiger partial charge < -0.3 is 9.72 Å². The number of nitrogens with one attached hydrogen (secondary N) is 1. The van der Waals surface area contributed by atoms with Gasteiger partial charge in [-0.3, -0.25) is 4.57 Å². The molecule has 3 nitrogen and oxygen atoms in total. The summed E-state index contributed by atoms with van der Waals surface area (Å²) >= 11 is 7.79. The van der Waals surface area contributed by atoms with E-state index in [0.29, 0.717) is 11.4 Å². The van der Waals surface area contributed by atoms with E-state index in [1.165, 1.54) is 3.57 Å². The van der Waals surface area contributed by atoms with E-state index in [0.717, 1.165) is 28.9 Å². The minimum absolute atomic E-state index is 0.679. The van der Waals surface area contributed by atoms with Crippen molar-refractivity contribution in [2.75, 3.05) is 6.61 Å². The Hall–Kier alpha value is -1.34. The SMILES string of the molecule is CCCOc1cccc2c1[nH]c(=S)n2-c1ccc(I)cc1. The summed E-state index contributed by atoms with van der Waals surface area (Å²) in [7, 11) is 0. The lowest BCUT2D eigenvalue weighted by molar-refractivity contribution is 0.320. The first-order valence-electron chi connectivity index (χ1n) is 6.83. The molecule has 1 aromatic heterocycles. The van der Waals surface area contributed by atoms with Gasteiger partial charge in [-0.25, -0.2) is 0 Å². The molecular formula is C16H15IN2OS. The van der Waals surface area contributed by atoms with E-state index in [1.54, 1.807) is 0 Å². The van der Waals surface area contributed by atoms with E-state index in [-0.39, 0.29) is 0 Å². The molecule has 0 atom stereocenters. The van der Waals surface area contributed by atoms with Gasteiger partial charge in [0.2, 0.25) is 0 Å². The lowest BCUT2D eigenvalue weighted by Crippen LogP contribution is -1.96. The molecule has 0 aliphatic carbocycles. The van der Waals surface area contributed by atoms with Gasteiger partial charge in [0.25, 0.3) is 0 Å². The number of ether oxygens (including phenoxy) is 1. The Morgan fingerprint density at radius 2 is 1.95 bits per heavy atom. The number of fused-ring (bicyclic) bond motifs is 1. The third-order valence-electron chi connectivity index (χ3n) is 3.23. The monoisotopic (exact) mass is 410 g/mol. The van der Waals surface area contributed by atoms with Crippen LogP contribution in [0.2, 0.25) is 0 Å². The highest BCUT2D eigenvalue weighted by atomic mass is 127. The first-order valence-corrected chi connectivity index (χ1v) is 8.32. The molecule has 5 heteroatoms. The summed E-state index contributed by atoms with van der Waals surface area (Å²) in [5.41, 5.74) is 3.05. The number of hydrogen-bond acceptors (Lipinski definition) is 2. The van der Waals surface area contributed by atoms with Crippen molar-refractivity contribution >= 4 is 45.8 Å². The first kappa shape index (κ1) is 14.6. The van der Waals surface area contributed by atoms with Crippen LogP contribution in [0.15, 0.2) is 42.5 Å². The number of aromatic amines is 1. The number of hydrogen-bond donors (Lipinski definition) is 1. The molecule has 1 N–H and O–H groups in total. The van der Waals surface area contributed by atoms with E-state index < -0.39 is 0 Å². The maximum atomic E-state index is 5.80. The first-order chi connectivity index (χ1) is 10.2. The number of halogens is 1. The predicted octanol–water partition coefficient (Wildman–Crippen LogP) is 5.08. The molecule has 3 aromatic rings. The van der Waals surface area contributed by atoms with Crippen molar-refractivity contribution in [2.24, 2.45) is 0 Å². The van der Waals surface area contributed by atoms with Gasteiger partial charge in [0.15, 0.2) is 4.77 Å². The van der Waals surface area contributed by atoms with Gasteiger partial charge in [-0.1, -0.05) is 13.0 Å². The van der Waals surface area contributed by atoms with Crippen LogP contribution in [0.4, 0.5) is 0 Å². The summed E-state index contributed by atoms with van der Waals surface area (Å²) in [5, 5.41) is 0. The van der Waals surface area contributed by atoms with Crippen molar-refractivity contribution in [1.29, 1.82) is 0 Å². The van der Waals surface area contributed by atoms with Crippen LogP contribution in [0.25, 0.3) is 16.7 Å². The molecule has 0 unspecified atom stereocenters. The fraction of sp³-hybridized carbons (Fsp3) is 0.188. The highest BCUT2D eigenvalue weighted by molar-refractivity contribution is 14.1. The highest BCUT2D eigenvalue weighted by Crippen LogP contribution is 2.27. The number of benzene rings is 2. The normalized spacial score (nSPS) is 11.0. The third kappa shape index (κ3) is 2.85. The summed E-state index contributed by atoms with van der Waals surface area (Å²) < 4.78 is 9.72. The minimum atomic E-state index is 0.679. The lowest BCUT2D eigenvalue weighted by Gasteiger charge is -2.07. The number of H-pyrrole nitrogens is 1. The van der Waals surface area contributed by atoms with Crippen molar-refractivity contribution in [2.45, 2.75) is 13.3 Å². The van der Waals surface area contributed by atoms with Crippen LogP contribution < -0.4 is 4.74 Å². The van der Waals surface area contributed by atoms with Crippen molar-refractivity contribution in [3.05, 3.63) is 50.8 Å². The van der Waals surface area contributed by atoms with Crippen molar-refractivity contribution in [3.8, 4) is 11.4 Å². The molecule has 108 valence electrons. The minimum Gasteiger partial charge on any atom is -0.491 e. The van der Waals surface area contributed by atoms with E-state index in [2.05, 4.69) is 64.8 Å². The van der Waals surface area contributed by atoms with Crippen molar-refractivity contribution in [3.63, 3.8) is 0 Å². The Labute approximate surface area is 142 Å². The topological polar surface area (TPSA) is 29.9 Å². The molecule has 0 saturated carbocycles. The van der Waals surface area contributed by atoms with Crippen LogP contribution in [0.1, 0.15) is 13.3 Å². The maximum Gasteiger partial charge on any atom is 0.182 e. The molecule has 2 aromatic carbocycles. The zero-order chi connectivity index (χ0) is 14.8. The van der Waals surface area contributed by atoms with Gasteiger partial charge >= 0.3 is 0 Å². The molecule has 21 heavy (non-hydrogen) atoms. The van der Waals surface area contributed by atoms with Gasteiger partial charge in [-0.15, -0.1) is 0 Å². The summed E-state index contributed by atoms with van der Waals surface area (Å²) in [5.74, 6) is 0.852. The van der Waals surface area contributed by atoms with Crippen LogP contribution in [0.3, 0.4) is 0 Å². The summed E-state index contributed by atoms with van der Waals surface area (Å²) in [6, 6.07) is 14.3. The van der Waals surface area contributed by atoms with Crippen molar-refractivity contribution in [1.82, 2.24) is 9.55 Å². The van der Waals surface area contributed by atoms with E-state index in [1.807, 2.05) is 16.7 Å². The second-order valence-corrected chi connectivity index (χ2v) is 6.37. The largest absolute Gasteiger partial charge is 0.491 e. The second-order valence-electron chi connectivity index (χ2n) is 4.74. The van der Waals surface area contributed by atoms with E-state index in [9.17, 15) is 0 Å². The Kier molecular flexibility index (Phi) is 4.30. The Morgan fingerprint density at radius 1 is 1.19 bits per heavy atom. The molecule has 0 aliphatic rings. The predicted molar refractivity (Wildman–Crippen MR) is 97.0 cm³/mol. The summed E-state index contributed by atoms with van der Waals surface area (Å²) in [6.07, 6.45) is 0.981. The molecule has 1 heterocycles. The molecular weight excluding hydrogens is 395 g/mol. The molecule has 0 spiro atoms. The Balaban J connectivity index is 2.18. The fourth-order valence-corrected chi connectivity index (χ4v) is 2.95. The van der Waals surface area contributed by atoms with Crippen LogP contribution >= 0.6 is 34.8 Å². The Morgan fingerprint density at radius 3 is 2.67 bits per heavy atom. The number of nitrogens with zero attached hydrogens (tertiary/aromatic N) is 1. The van der Waals surface area contributed by atoms with Crippen molar-refractivity contribution < 1.29 is 4.74 Å². The van der Waals surface area contributed by atoms with E-state index in [4.69, 9.17) is 17.0 Å². The third-order valence-corrected chi connectivity index (χ3v) is 4.23. The van der Waals surface area contributed by atoms with Gasteiger partial charge in [0.05, 0.1) is 12.1 Å². The Bertz CT molecular complexity index is 820. The van der Waals surface area contributed by atoms with Gasteiger partial charge in [-0.2, -0.15) is 0 Å². The number of rotatable bonds is 4. The summed E-state index contributed by atoms with van der Waals surface area (Å²) in [4.78, 5) is 3.27. The number of para-hydroxylation sites is 1. The molecule has 0 fully saturated rings. The molecule has 0 bridgehead atoms. The average Bonchev–Trinajstić information content (AvgIpc) is 2.83. The fourth-order valence-electron chi connectivity index (χ4n) is 2.28. The standard InChI is InChI=1S/C16H15IN2OS/c1-2-10-20-14-5-3-4-13-15(14)18-16(21)19(13)12-8-6-11(17)7-9-12/h3-9H,2,10H2,1H3,(H,18,21). The van der Waals surface area contributed by atoms with Gasteiger partial charge in [-0.05, 0) is 77.6 Å². The second kappa shape index (κ2) is 6.19. The molecule has 3 rings (SSSR count). The quantitative estimate of drug-likeness (QED) is 0.480. The van der Waals surface area contributed by atoms with Gasteiger partial charge in [0, 0.05) is 9.26 Å².